The maximum Gasteiger partial charge on any atom is 0.224 e. The van der Waals surface area contributed by atoms with Crippen molar-refractivity contribution in [3.63, 3.8) is 0 Å². The molecule has 0 saturated heterocycles. The lowest BCUT2D eigenvalue weighted by molar-refractivity contribution is -0.119. The van der Waals surface area contributed by atoms with E-state index in [-0.39, 0.29) is 5.91 Å². The molecule has 0 aliphatic rings. The monoisotopic (exact) mass is 336 g/mol. The molecule has 0 atom stereocenters. The number of benzene rings is 2. The Bertz CT molecular complexity index is 885. The van der Waals surface area contributed by atoms with E-state index in [1.54, 1.807) is 14.1 Å². The van der Waals surface area contributed by atoms with Crippen molar-refractivity contribution in [2.24, 2.45) is 7.05 Å². The van der Waals surface area contributed by atoms with Crippen molar-refractivity contribution in [2.45, 2.75) is 13.3 Å². The van der Waals surface area contributed by atoms with E-state index in [2.05, 4.69) is 26.0 Å². The summed E-state index contributed by atoms with van der Waals surface area (Å²) in [4.78, 5) is 12.9. The normalized spacial score (nSPS) is 10.5. The number of likely N-dealkylation sites (N-methyl/N-ethyl adjacent to an activating group) is 1. The Labute approximate surface area is 146 Å². The second-order valence-electron chi connectivity index (χ2n) is 5.80. The number of carbonyl (C=O) groups excluding carboxylic acids is 1. The molecule has 3 aromatic rings. The van der Waals surface area contributed by atoms with Crippen LogP contribution in [-0.4, -0.2) is 33.2 Å². The van der Waals surface area contributed by atoms with Crippen molar-refractivity contribution in [1.29, 1.82) is 0 Å². The second-order valence-corrected chi connectivity index (χ2v) is 5.80. The topological polar surface area (TPSA) is 84.7 Å². The highest BCUT2D eigenvalue weighted by atomic mass is 16.1. The fraction of sp³-hybridized carbons (Fsp3) is 0.222. The SMILES string of the molecule is CNC(=O)Cc1ccc(Nc2cc(-c3nnn(C)n3)ccc2C)cc1. The van der Waals surface area contributed by atoms with Crippen LogP contribution < -0.4 is 10.6 Å². The van der Waals surface area contributed by atoms with Gasteiger partial charge in [-0.15, -0.1) is 10.2 Å². The number of hydrogen-bond donors (Lipinski definition) is 2. The maximum atomic E-state index is 11.4. The van der Waals surface area contributed by atoms with Gasteiger partial charge in [-0.1, -0.05) is 24.3 Å². The molecule has 7 heteroatoms. The Balaban J connectivity index is 1.79. The van der Waals surface area contributed by atoms with Crippen LogP contribution in [0.2, 0.25) is 0 Å². The van der Waals surface area contributed by atoms with E-state index in [4.69, 9.17) is 0 Å². The van der Waals surface area contributed by atoms with Gasteiger partial charge in [0.2, 0.25) is 11.7 Å². The Morgan fingerprint density at radius 3 is 2.56 bits per heavy atom. The Morgan fingerprint density at radius 1 is 1.16 bits per heavy atom. The molecule has 1 amide bonds. The smallest absolute Gasteiger partial charge is 0.224 e. The summed E-state index contributed by atoms with van der Waals surface area (Å²) in [6.45, 7) is 2.04. The molecule has 0 bridgehead atoms. The molecule has 0 aliphatic carbocycles. The third-order valence-corrected chi connectivity index (χ3v) is 3.88. The standard InChI is InChI=1S/C18H20N6O/c1-12-4-7-14(18-21-23-24(3)22-18)11-16(12)20-15-8-5-13(6-9-15)10-17(25)19-2/h4-9,11,20H,10H2,1-3H3,(H,19,25). The summed E-state index contributed by atoms with van der Waals surface area (Å²) in [6, 6.07) is 13.8. The highest BCUT2D eigenvalue weighted by molar-refractivity contribution is 5.78. The van der Waals surface area contributed by atoms with Crippen LogP contribution in [0.1, 0.15) is 11.1 Å². The molecule has 1 aromatic heterocycles. The lowest BCUT2D eigenvalue weighted by Crippen LogP contribution is -2.19. The van der Waals surface area contributed by atoms with Gasteiger partial charge in [-0.2, -0.15) is 4.80 Å². The molecule has 1 heterocycles. The van der Waals surface area contributed by atoms with Crippen molar-refractivity contribution in [2.75, 3.05) is 12.4 Å². The summed E-state index contributed by atoms with van der Waals surface area (Å²) in [6.07, 6.45) is 0.379. The molecule has 3 rings (SSSR count). The molecule has 25 heavy (non-hydrogen) atoms. The third-order valence-electron chi connectivity index (χ3n) is 3.88. The Morgan fingerprint density at radius 2 is 1.92 bits per heavy atom. The first-order chi connectivity index (χ1) is 12.0. The van der Waals surface area contributed by atoms with Crippen LogP contribution in [0, 0.1) is 6.92 Å². The summed E-state index contributed by atoms with van der Waals surface area (Å²) in [5, 5.41) is 18.2. The number of anilines is 2. The van der Waals surface area contributed by atoms with E-state index in [0.29, 0.717) is 12.2 Å². The molecule has 0 unspecified atom stereocenters. The molecule has 7 nitrogen and oxygen atoms in total. The Kier molecular flexibility index (Phi) is 4.74. The zero-order valence-corrected chi connectivity index (χ0v) is 14.4. The number of tetrazole rings is 1. The van der Waals surface area contributed by atoms with Crippen molar-refractivity contribution < 1.29 is 4.79 Å². The van der Waals surface area contributed by atoms with E-state index in [1.165, 1.54) is 4.80 Å². The number of rotatable bonds is 5. The molecular formula is C18H20N6O. The quantitative estimate of drug-likeness (QED) is 0.746. The van der Waals surface area contributed by atoms with E-state index in [1.807, 2.05) is 49.4 Å². The van der Waals surface area contributed by atoms with E-state index in [9.17, 15) is 4.79 Å². The minimum atomic E-state index is 0.000672. The predicted molar refractivity (Wildman–Crippen MR) is 96.5 cm³/mol. The van der Waals surface area contributed by atoms with Gasteiger partial charge in [-0.05, 0) is 41.5 Å². The molecule has 2 N–H and O–H groups in total. The maximum absolute atomic E-state index is 11.4. The van der Waals surface area contributed by atoms with Gasteiger partial charge >= 0.3 is 0 Å². The molecule has 0 radical (unpaired) electrons. The second kappa shape index (κ2) is 7.12. The van der Waals surface area contributed by atoms with Crippen LogP contribution in [-0.2, 0) is 18.3 Å². The average Bonchev–Trinajstić information content (AvgIpc) is 3.05. The van der Waals surface area contributed by atoms with Crippen LogP contribution >= 0.6 is 0 Å². The first-order valence-electron chi connectivity index (χ1n) is 7.97. The number of nitrogens with zero attached hydrogens (tertiary/aromatic N) is 4. The summed E-state index contributed by atoms with van der Waals surface area (Å²) >= 11 is 0. The predicted octanol–water partition coefficient (Wildman–Crippen LogP) is 2.22. The van der Waals surface area contributed by atoms with Crippen LogP contribution in [0.15, 0.2) is 42.5 Å². The molecule has 2 aromatic carbocycles. The summed E-state index contributed by atoms with van der Waals surface area (Å²) in [5.74, 6) is 0.590. The number of carbonyl (C=O) groups is 1. The lowest BCUT2D eigenvalue weighted by Gasteiger charge is -2.11. The highest BCUT2D eigenvalue weighted by Gasteiger charge is 2.08. The fourth-order valence-electron chi connectivity index (χ4n) is 2.43. The zero-order chi connectivity index (χ0) is 17.8. The van der Waals surface area contributed by atoms with Crippen molar-refractivity contribution >= 4 is 17.3 Å². The number of hydrogen-bond acceptors (Lipinski definition) is 5. The van der Waals surface area contributed by atoms with Gasteiger partial charge in [0.05, 0.1) is 13.5 Å². The molecule has 0 fully saturated rings. The van der Waals surface area contributed by atoms with Gasteiger partial charge in [0, 0.05) is 24.0 Å². The fourth-order valence-corrected chi connectivity index (χ4v) is 2.43. The molecule has 0 aliphatic heterocycles. The molecule has 0 spiro atoms. The number of amides is 1. The minimum Gasteiger partial charge on any atom is -0.359 e. The minimum absolute atomic E-state index is 0.000672. The summed E-state index contributed by atoms with van der Waals surface area (Å²) in [7, 11) is 3.38. The Hall–Kier alpha value is -3.22. The average molecular weight is 336 g/mol. The van der Waals surface area contributed by atoms with Crippen molar-refractivity contribution in [3.05, 3.63) is 53.6 Å². The number of aromatic nitrogens is 4. The van der Waals surface area contributed by atoms with Gasteiger partial charge in [0.15, 0.2) is 0 Å². The van der Waals surface area contributed by atoms with Gasteiger partial charge < -0.3 is 10.6 Å². The van der Waals surface area contributed by atoms with Crippen LogP contribution in [0.3, 0.4) is 0 Å². The van der Waals surface area contributed by atoms with E-state index < -0.39 is 0 Å². The molecular weight excluding hydrogens is 316 g/mol. The lowest BCUT2D eigenvalue weighted by atomic mass is 10.1. The summed E-state index contributed by atoms with van der Waals surface area (Å²) < 4.78 is 0. The van der Waals surface area contributed by atoms with E-state index in [0.717, 1.165) is 28.1 Å². The largest absolute Gasteiger partial charge is 0.359 e. The number of aryl methyl sites for hydroxylation is 2. The van der Waals surface area contributed by atoms with Gasteiger partial charge in [0.25, 0.3) is 0 Å². The van der Waals surface area contributed by atoms with Crippen LogP contribution in [0.25, 0.3) is 11.4 Å². The highest BCUT2D eigenvalue weighted by Crippen LogP contribution is 2.26. The van der Waals surface area contributed by atoms with Gasteiger partial charge in [-0.25, -0.2) is 0 Å². The van der Waals surface area contributed by atoms with E-state index >= 15 is 0 Å². The number of nitrogens with one attached hydrogen (secondary N) is 2. The van der Waals surface area contributed by atoms with Crippen LogP contribution in [0.5, 0.6) is 0 Å². The molecule has 128 valence electrons. The first kappa shape index (κ1) is 16.6. The summed E-state index contributed by atoms with van der Waals surface area (Å²) in [5.41, 5.74) is 4.91. The van der Waals surface area contributed by atoms with Crippen LogP contribution in [0.4, 0.5) is 11.4 Å². The third kappa shape index (κ3) is 4.00. The van der Waals surface area contributed by atoms with Crippen molar-refractivity contribution in [1.82, 2.24) is 25.5 Å². The first-order valence-corrected chi connectivity index (χ1v) is 7.97. The van der Waals surface area contributed by atoms with Gasteiger partial charge in [0.1, 0.15) is 0 Å². The van der Waals surface area contributed by atoms with Gasteiger partial charge in [-0.3, -0.25) is 4.79 Å². The molecule has 0 saturated carbocycles. The zero-order valence-electron chi connectivity index (χ0n) is 14.4. The van der Waals surface area contributed by atoms with Crippen molar-refractivity contribution in [3.8, 4) is 11.4 Å².